The average molecular weight is 482 g/mol. The summed E-state index contributed by atoms with van der Waals surface area (Å²) in [5, 5.41) is 21.0. The van der Waals surface area contributed by atoms with Crippen LogP contribution in [0.3, 0.4) is 0 Å². The number of aromatic carboxylic acids is 1. The molecule has 1 amide bonds. The number of carbonyl (C=O) groups excluding carboxylic acids is 1. The summed E-state index contributed by atoms with van der Waals surface area (Å²) in [5.41, 5.74) is 10.5. The lowest BCUT2D eigenvalue weighted by Gasteiger charge is -2.14. The molecule has 1 aromatic heterocycles. The molecule has 0 spiro atoms. The number of nitrogens with zero attached hydrogens (tertiary/aromatic N) is 1. The van der Waals surface area contributed by atoms with Crippen molar-refractivity contribution in [3.63, 3.8) is 0 Å². The summed E-state index contributed by atoms with van der Waals surface area (Å²) in [5.74, 6) is -2.80. The zero-order chi connectivity index (χ0) is 26.0. The van der Waals surface area contributed by atoms with Crippen LogP contribution >= 0.6 is 0 Å². The van der Waals surface area contributed by atoms with Gasteiger partial charge in [0.25, 0.3) is 5.91 Å². The molecule has 184 valence electrons. The zero-order valence-corrected chi connectivity index (χ0v) is 18.9. The molecular weight excluding hydrogens is 456 g/mol. The number of aryl methyl sites for hydroxylation is 1. The number of hydrogen-bond acceptors (Lipinski definition) is 6. The van der Waals surface area contributed by atoms with Crippen molar-refractivity contribution >= 4 is 34.8 Å². The van der Waals surface area contributed by atoms with Gasteiger partial charge < -0.3 is 31.4 Å². The summed E-state index contributed by atoms with van der Waals surface area (Å²) in [6.07, 6.45) is 0.717. The minimum Gasteiger partial charge on any atom is -0.480 e. The van der Waals surface area contributed by atoms with Crippen molar-refractivity contribution in [2.75, 3.05) is 6.54 Å². The van der Waals surface area contributed by atoms with Crippen molar-refractivity contribution in [1.82, 2.24) is 5.32 Å². The van der Waals surface area contributed by atoms with Crippen LogP contribution < -0.4 is 22.4 Å². The highest BCUT2D eigenvalue weighted by Gasteiger charge is 2.20. The van der Waals surface area contributed by atoms with Gasteiger partial charge in [-0.3, -0.25) is 9.79 Å². The minimum atomic E-state index is -1.26. The molecule has 0 radical (unpaired) electrons. The van der Waals surface area contributed by atoms with Gasteiger partial charge in [0.15, 0.2) is 5.96 Å². The molecule has 11 heteroatoms. The zero-order valence-electron chi connectivity index (χ0n) is 18.9. The fraction of sp³-hybridized carbons (Fsp3) is 0.208. The van der Waals surface area contributed by atoms with Crippen LogP contribution in [0.2, 0.25) is 0 Å². The van der Waals surface area contributed by atoms with Crippen LogP contribution in [0.5, 0.6) is 0 Å². The van der Waals surface area contributed by atoms with Gasteiger partial charge in [0.2, 0.25) is 0 Å². The van der Waals surface area contributed by atoms with Crippen LogP contribution in [-0.2, 0) is 4.79 Å². The molecule has 0 aliphatic heterocycles. The van der Waals surface area contributed by atoms with Crippen molar-refractivity contribution in [1.29, 1.82) is 0 Å². The van der Waals surface area contributed by atoms with Crippen molar-refractivity contribution in [3.8, 4) is 0 Å². The Bertz CT molecular complexity index is 1280. The third-order valence-electron chi connectivity index (χ3n) is 4.87. The molecule has 0 saturated heterocycles. The monoisotopic (exact) mass is 482 g/mol. The first-order chi connectivity index (χ1) is 16.6. The van der Waals surface area contributed by atoms with Crippen molar-refractivity contribution in [2.24, 2.45) is 16.5 Å². The number of aliphatic imine (C=N–C) groups is 1. The van der Waals surface area contributed by atoms with Crippen molar-refractivity contribution in [2.45, 2.75) is 25.8 Å². The number of benzene rings is 2. The Hall–Kier alpha value is -4.67. The van der Waals surface area contributed by atoms with Crippen molar-refractivity contribution < 1.29 is 29.0 Å². The van der Waals surface area contributed by atoms with Gasteiger partial charge in [-0.2, -0.15) is 0 Å². The molecule has 7 N–H and O–H groups in total. The number of carboxylic acids is 2. The second-order valence-electron chi connectivity index (χ2n) is 7.37. The second kappa shape index (κ2) is 12.5. The number of hydrogen-bond donors (Lipinski definition) is 5. The third-order valence-corrected chi connectivity index (χ3v) is 4.87. The van der Waals surface area contributed by atoms with Gasteiger partial charge in [0.05, 0.1) is 0 Å². The summed E-state index contributed by atoms with van der Waals surface area (Å²) in [7, 11) is 0. The smallest absolute Gasteiger partial charge is 0.351 e. The summed E-state index contributed by atoms with van der Waals surface area (Å²) < 4.78 is 4.90. The molecular formula is C24H26N4O7. The molecule has 35 heavy (non-hydrogen) atoms. The van der Waals surface area contributed by atoms with Crippen molar-refractivity contribution in [3.05, 3.63) is 81.7 Å². The van der Waals surface area contributed by atoms with E-state index < -0.39 is 29.5 Å². The van der Waals surface area contributed by atoms with E-state index in [0.717, 1.165) is 0 Å². The number of fused-ring (bicyclic) bond motifs is 1. The van der Waals surface area contributed by atoms with Crippen LogP contribution in [0.15, 0.2) is 68.8 Å². The maximum Gasteiger partial charge on any atom is 0.351 e. The standard InChI is InChI=1S/C13H18N4O3.C11H8O4/c14-13(15)16-8-4-7-10(12(19)20)17-11(18)9-5-2-1-3-6-9;1-6-7-4-2-3-5-8(7)15-11(14)9(6)10(12)13/h1-3,5-6,10H,4,7-8H2,(H,17,18)(H,19,20)(H4,14,15,16);2-5H,1H3,(H,12,13)/t10-;/m0./s1. The van der Waals surface area contributed by atoms with Crippen LogP contribution in [0.4, 0.5) is 0 Å². The Morgan fingerprint density at radius 1 is 1.03 bits per heavy atom. The predicted molar refractivity (Wildman–Crippen MR) is 129 cm³/mol. The number of rotatable bonds is 8. The number of guanidine groups is 1. The summed E-state index contributed by atoms with van der Waals surface area (Å²) in [4.78, 5) is 48.9. The van der Waals surface area contributed by atoms with Crippen LogP contribution in [0.25, 0.3) is 11.0 Å². The molecule has 3 rings (SSSR count). The van der Waals surface area contributed by atoms with Gasteiger partial charge in [-0.1, -0.05) is 36.4 Å². The summed E-state index contributed by atoms with van der Waals surface area (Å²) in [6.45, 7) is 1.93. The molecule has 1 heterocycles. The predicted octanol–water partition coefficient (Wildman–Crippen LogP) is 1.72. The summed E-state index contributed by atoms with van der Waals surface area (Å²) in [6, 6.07) is 14.3. The van der Waals surface area contributed by atoms with E-state index >= 15 is 0 Å². The van der Waals surface area contributed by atoms with E-state index in [0.29, 0.717) is 35.1 Å². The number of carbonyl (C=O) groups is 3. The minimum absolute atomic E-state index is 0.0369. The normalized spacial score (nSPS) is 11.0. The molecule has 0 aliphatic carbocycles. The molecule has 0 saturated carbocycles. The van der Waals surface area contributed by atoms with Crippen LogP contribution in [-0.4, -0.2) is 46.6 Å². The Balaban J connectivity index is 0.000000256. The first kappa shape index (κ1) is 26.6. The van der Waals surface area contributed by atoms with E-state index in [2.05, 4.69) is 10.3 Å². The van der Waals surface area contributed by atoms with E-state index in [9.17, 15) is 19.2 Å². The highest BCUT2D eigenvalue weighted by atomic mass is 16.4. The Morgan fingerprint density at radius 2 is 1.66 bits per heavy atom. The van der Waals surface area contributed by atoms with Crippen LogP contribution in [0, 0.1) is 6.92 Å². The molecule has 0 bridgehead atoms. The van der Waals surface area contributed by atoms with Gasteiger partial charge in [-0.15, -0.1) is 0 Å². The van der Waals surface area contributed by atoms with Gasteiger partial charge in [0, 0.05) is 17.5 Å². The van der Waals surface area contributed by atoms with E-state index in [4.69, 9.17) is 26.1 Å². The van der Waals surface area contributed by atoms with E-state index in [1.807, 2.05) is 0 Å². The SMILES string of the molecule is Cc1c(C(=O)O)c(=O)oc2ccccc12.NC(N)=NCCC[C@H](NC(=O)c1ccccc1)C(=O)O. The van der Waals surface area contributed by atoms with Gasteiger partial charge in [-0.05, 0) is 43.5 Å². The number of nitrogens with two attached hydrogens (primary N) is 2. The third kappa shape index (κ3) is 7.70. The first-order valence-electron chi connectivity index (χ1n) is 10.5. The van der Waals surface area contributed by atoms with E-state index in [1.165, 1.54) is 0 Å². The van der Waals surface area contributed by atoms with Gasteiger partial charge in [0.1, 0.15) is 17.2 Å². The number of amides is 1. The molecule has 0 aliphatic rings. The molecule has 3 aromatic rings. The Labute approximate surface area is 200 Å². The number of para-hydroxylation sites is 1. The van der Waals surface area contributed by atoms with Gasteiger partial charge in [-0.25, -0.2) is 14.4 Å². The molecule has 0 unspecified atom stereocenters. The van der Waals surface area contributed by atoms with Gasteiger partial charge >= 0.3 is 17.6 Å². The quantitative estimate of drug-likeness (QED) is 0.137. The number of nitrogens with one attached hydrogen (secondary N) is 1. The van der Waals surface area contributed by atoms with E-state index in [1.54, 1.807) is 61.5 Å². The lowest BCUT2D eigenvalue weighted by Crippen LogP contribution is -2.40. The van der Waals surface area contributed by atoms with Crippen LogP contribution in [0.1, 0.15) is 39.1 Å². The average Bonchev–Trinajstić information content (AvgIpc) is 2.81. The fourth-order valence-electron chi connectivity index (χ4n) is 3.14. The lowest BCUT2D eigenvalue weighted by atomic mass is 10.1. The largest absolute Gasteiger partial charge is 0.480 e. The highest BCUT2D eigenvalue weighted by molar-refractivity contribution is 5.96. The topological polar surface area (TPSA) is 198 Å². The Morgan fingerprint density at radius 3 is 2.26 bits per heavy atom. The second-order valence-corrected chi connectivity index (χ2v) is 7.37. The highest BCUT2D eigenvalue weighted by Crippen LogP contribution is 2.18. The maximum absolute atomic E-state index is 11.9. The molecule has 2 aromatic carbocycles. The first-order valence-corrected chi connectivity index (χ1v) is 10.5. The molecule has 0 fully saturated rings. The summed E-state index contributed by atoms with van der Waals surface area (Å²) >= 11 is 0. The fourth-order valence-corrected chi connectivity index (χ4v) is 3.14. The maximum atomic E-state index is 11.9. The van der Waals surface area contributed by atoms with E-state index in [-0.39, 0.29) is 17.9 Å². The number of carboxylic acid groups (broad SMARTS) is 2. The number of aliphatic carboxylic acids is 1. The lowest BCUT2D eigenvalue weighted by molar-refractivity contribution is -0.139. The molecule has 11 nitrogen and oxygen atoms in total. The Kier molecular flexibility index (Phi) is 9.52. The molecule has 1 atom stereocenters.